The van der Waals surface area contributed by atoms with E-state index in [4.69, 9.17) is 32.6 Å². The number of ether oxygens (including phenoxy) is 6. The molecule has 5 atom stereocenters. The van der Waals surface area contributed by atoms with E-state index in [0.29, 0.717) is 0 Å². The molecule has 11 heteroatoms. The molecule has 0 saturated carbocycles. The lowest BCUT2D eigenvalue weighted by Crippen LogP contribution is -2.45. The third-order valence-corrected chi connectivity index (χ3v) is 6.92. The first-order valence-electron chi connectivity index (χ1n) is 11.1. The molecular weight excluding hydrogens is 468 g/mol. The van der Waals surface area contributed by atoms with Crippen molar-refractivity contribution in [1.82, 2.24) is 0 Å². The van der Waals surface area contributed by atoms with Crippen molar-refractivity contribution in [3.63, 3.8) is 0 Å². The van der Waals surface area contributed by atoms with Gasteiger partial charge < -0.3 is 28.4 Å². The zero-order valence-corrected chi connectivity index (χ0v) is 21.2. The van der Waals surface area contributed by atoms with Crippen molar-refractivity contribution in [3.05, 3.63) is 24.3 Å². The molecule has 3 aliphatic rings. The summed E-state index contributed by atoms with van der Waals surface area (Å²) >= 11 is 0. The Morgan fingerprint density at radius 2 is 1.62 bits per heavy atom. The average molecular weight is 501 g/mol. The Morgan fingerprint density at radius 1 is 0.971 bits per heavy atom. The van der Waals surface area contributed by atoms with Crippen molar-refractivity contribution in [2.24, 2.45) is 5.41 Å². The zero-order valence-electron chi connectivity index (χ0n) is 20.4. The Bertz CT molecular complexity index is 1020. The first-order valence-corrected chi connectivity index (χ1v) is 12.6. The van der Waals surface area contributed by atoms with Crippen LogP contribution in [0.4, 0.5) is 0 Å². The van der Waals surface area contributed by atoms with Crippen LogP contribution in [0.3, 0.4) is 0 Å². The van der Waals surface area contributed by atoms with Crippen LogP contribution < -0.4 is 4.74 Å². The number of rotatable bonds is 5. The fraction of sp³-hybridized carbons (Fsp3) is 0.696. The van der Waals surface area contributed by atoms with Gasteiger partial charge in [-0.25, -0.2) is 0 Å². The molecule has 1 aromatic rings. The highest BCUT2D eigenvalue weighted by molar-refractivity contribution is 7.86. The molecule has 34 heavy (non-hydrogen) atoms. The van der Waals surface area contributed by atoms with Crippen LogP contribution in [0.15, 0.2) is 29.2 Å². The maximum Gasteiger partial charge on any atom is 0.316 e. The quantitative estimate of drug-likeness (QED) is 0.339. The average Bonchev–Trinajstić information content (AvgIpc) is 3.31. The molecule has 3 saturated heterocycles. The lowest BCUT2D eigenvalue weighted by molar-refractivity contribution is -0.230. The van der Waals surface area contributed by atoms with Gasteiger partial charge in [-0.1, -0.05) is 0 Å². The number of fused-ring (bicyclic) bond motifs is 1. The van der Waals surface area contributed by atoms with Gasteiger partial charge in [0.15, 0.2) is 17.9 Å². The lowest BCUT2D eigenvalue weighted by Gasteiger charge is -2.28. The van der Waals surface area contributed by atoms with Gasteiger partial charge in [-0.2, -0.15) is 8.42 Å². The van der Waals surface area contributed by atoms with Crippen LogP contribution in [0.2, 0.25) is 0 Å². The minimum Gasteiger partial charge on any atom is -0.426 e. The number of hydrogen-bond acceptors (Lipinski definition) is 10. The van der Waals surface area contributed by atoms with Crippen LogP contribution in [0.25, 0.3) is 0 Å². The molecule has 3 fully saturated rings. The van der Waals surface area contributed by atoms with E-state index in [-0.39, 0.29) is 17.3 Å². The van der Waals surface area contributed by atoms with E-state index in [9.17, 15) is 13.2 Å². The van der Waals surface area contributed by atoms with E-state index >= 15 is 0 Å². The fourth-order valence-electron chi connectivity index (χ4n) is 3.93. The maximum atomic E-state index is 13.2. The highest BCUT2D eigenvalue weighted by atomic mass is 32.2. The van der Waals surface area contributed by atoms with Crippen LogP contribution in [0.1, 0.15) is 48.5 Å². The van der Waals surface area contributed by atoms with Crippen molar-refractivity contribution in [2.75, 3.05) is 6.61 Å². The maximum absolute atomic E-state index is 13.2. The number of benzene rings is 1. The molecule has 0 N–H and O–H groups in total. The minimum atomic E-state index is -4.24. The molecule has 3 heterocycles. The molecule has 1 aromatic carbocycles. The smallest absolute Gasteiger partial charge is 0.316 e. The minimum absolute atomic E-state index is 0.104. The molecule has 3 aliphatic heterocycles. The first kappa shape index (κ1) is 25.5. The number of hydrogen-bond donors (Lipinski definition) is 0. The Morgan fingerprint density at radius 3 is 2.18 bits per heavy atom. The van der Waals surface area contributed by atoms with Crippen LogP contribution in [-0.2, 0) is 42.8 Å². The van der Waals surface area contributed by atoms with E-state index < -0.39 is 63.8 Å². The largest absolute Gasteiger partial charge is 0.426 e. The summed E-state index contributed by atoms with van der Waals surface area (Å²) in [5.74, 6) is -2.00. The van der Waals surface area contributed by atoms with E-state index in [1.54, 1.807) is 48.5 Å². The number of esters is 1. The molecule has 0 aliphatic carbocycles. The Kier molecular flexibility index (Phi) is 6.38. The highest BCUT2D eigenvalue weighted by Crippen LogP contribution is 2.43. The van der Waals surface area contributed by atoms with Gasteiger partial charge in [0.05, 0.1) is 16.9 Å². The number of carbonyl (C=O) groups is 1. The molecule has 0 aromatic heterocycles. The van der Waals surface area contributed by atoms with E-state index in [1.807, 2.05) is 0 Å². The molecule has 0 radical (unpaired) electrons. The third kappa shape index (κ3) is 5.30. The predicted octanol–water partition coefficient (Wildman–Crippen LogP) is 2.74. The Hall–Kier alpha value is -1.60. The molecule has 0 unspecified atom stereocenters. The predicted molar refractivity (Wildman–Crippen MR) is 117 cm³/mol. The summed E-state index contributed by atoms with van der Waals surface area (Å²) in [6.07, 6.45) is -4.00. The summed E-state index contributed by atoms with van der Waals surface area (Å²) in [6.45, 7) is 12.3. The lowest BCUT2D eigenvalue weighted by atomic mass is 9.97. The van der Waals surface area contributed by atoms with Gasteiger partial charge >= 0.3 is 5.97 Å². The van der Waals surface area contributed by atoms with Crippen molar-refractivity contribution in [3.8, 4) is 5.75 Å². The van der Waals surface area contributed by atoms with Gasteiger partial charge in [0.2, 0.25) is 0 Å². The van der Waals surface area contributed by atoms with Gasteiger partial charge in [-0.15, -0.1) is 0 Å². The van der Waals surface area contributed by atoms with Crippen molar-refractivity contribution < 1.29 is 45.8 Å². The topological polar surface area (TPSA) is 116 Å². The monoisotopic (exact) mass is 500 g/mol. The van der Waals surface area contributed by atoms with Gasteiger partial charge in [-0.3, -0.25) is 8.98 Å². The van der Waals surface area contributed by atoms with Crippen LogP contribution >= 0.6 is 0 Å². The van der Waals surface area contributed by atoms with Gasteiger partial charge in [-0.05, 0) is 72.7 Å². The summed E-state index contributed by atoms with van der Waals surface area (Å²) < 4.78 is 66.5. The summed E-state index contributed by atoms with van der Waals surface area (Å²) in [6, 6.07) is 5.44. The van der Waals surface area contributed by atoms with E-state index in [1.165, 1.54) is 24.3 Å². The summed E-state index contributed by atoms with van der Waals surface area (Å²) in [5, 5.41) is 0. The van der Waals surface area contributed by atoms with Crippen molar-refractivity contribution in [1.29, 1.82) is 0 Å². The van der Waals surface area contributed by atoms with Gasteiger partial charge in [0.1, 0.15) is 30.2 Å². The molecule has 0 spiro atoms. The van der Waals surface area contributed by atoms with E-state index in [0.717, 1.165) is 0 Å². The Balaban J connectivity index is 1.53. The summed E-state index contributed by atoms with van der Waals surface area (Å²) in [5.41, 5.74) is -0.695. The molecule has 4 rings (SSSR count). The van der Waals surface area contributed by atoms with Crippen molar-refractivity contribution >= 4 is 16.1 Å². The molecule has 0 amide bonds. The first-order chi connectivity index (χ1) is 15.6. The van der Waals surface area contributed by atoms with Gasteiger partial charge in [0, 0.05) is 0 Å². The Labute approximate surface area is 199 Å². The van der Waals surface area contributed by atoms with Crippen molar-refractivity contribution in [2.45, 2.75) is 95.6 Å². The summed E-state index contributed by atoms with van der Waals surface area (Å²) in [7, 11) is -4.24. The zero-order chi connectivity index (χ0) is 25.1. The normalized spacial score (nSPS) is 32.5. The second-order valence-corrected chi connectivity index (χ2v) is 12.1. The second kappa shape index (κ2) is 8.51. The van der Waals surface area contributed by atoms with Crippen LogP contribution in [0.5, 0.6) is 5.75 Å². The molecular formula is C23H32O10S. The van der Waals surface area contributed by atoms with Gasteiger partial charge in [0.25, 0.3) is 10.1 Å². The fourth-order valence-corrected chi connectivity index (χ4v) is 5.02. The SMILES string of the molecule is CC1(C)O[C@H]2O[C@H]([C@H]3COC(C)(C)O3)[C@H](OS(=O)(=O)c3ccc(OC(=O)C(C)(C)C)cc3)[C@H]2O1. The number of carbonyl (C=O) groups excluding carboxylic acids is 1. The molecule has 0 bridgehead atoms. The molecule has 10 nitrogen and oxygen atoms in total. The second-order valence-electron chi connectivity index (χ2n) is 10.6. The van der Waals surface area contributed by atoms with Crippen LogP contribution in [-0.4, -0.2) is 63.3 Å². The molecule has 190 valence electrons. The standard InChI is InChI=1S/C23H32O10S/c1-21(2,3)20(24)28-13-8-10-14(11-9-13)34(25,26)33-17-16(15-12-27-22(4,5)30-15)29-19-18(17)31-23(6,7)32-19/h8-11,15-19H,12H2,1-7H3/t15-,16-,17+,18-,19-/m1/s1. The summed E-state index contributed by atoms with van der Waals surface area (Å²) in [4.78, 5) is 12.0. The third-order valence-electron chi connectivity index (χ3n) is 5.60. The highest BCUT2D eigenvalue weighted by Gasteiger charge is 2.60. The van der Waals surface area contributed by atoms with Crippen LogP contribution in [0, 0.1) is 5.41 Å². The van der Waals surface area contributed by atoms with E-state index in [2.05, 4.69) is 0 Å².